The van der Waals surface area contributed by atoms with Crippen molar-refractivity contribution in [3.8, 4) is 0 Å². The summed E-state index contributed by atoms with van der Waals surface area (Å²) in [6, 6.07) is 4.54. The molecule has 1 aliphatic rings. The average molecular weight is 224 g/mol. The maximum absolute atomic E-state index is 13.2. The predicted octanol–water partition coefficient (Wildman–Crippen LogP) is 1.42. The molecule has 4 heteroatoms. The van der Waals surface area contributed by atoms with Crippen molar-refractivity contribution in [1.29, 1.82) is 0 Å². The van der Waals surface area contributed by atoms with Gasteiger partial charge in [0, 0.05) is 30.9 Å². The van der Waals surface area contributed by atoms with Crippen molar-refractivity contribution in [2.45, 2.75) is 18.9 Å². The Bertz CT molecular complexity index is 364. The van der Waals surface area contributed by atoms with E-state index in [1.54, 1.807) is 6.07 Å². The van der Waals surface area contributed by atoms with Gasteiger partial charge in [-0.1, -0.05) is 0 Å². The summed E-state index contributed by atoms with van der Waals surface area (Å²) in [6.45, 7) is 2.05. The van der Waals surface area contributed by atoms with E-state index in [2.05, 4.69) is 4.90 Å². The van der Waals surface area contributed by atoms with E-state index in [-0.39, 0.29) is 12.4 Å². The molecule has 1 fully saturated rings. The first kappa shape index (κ1) is 11.4. The van der Waals surface area contributed by atoms with E-state index in [1.807, 2.05) is 0 Å². The van der Waals surface area contributed by atoms with Crippen molar-refractivity contribution in [1.82, 2.24) is 0 Å². The molecule has 0 spiro atoms. The van der Waals surface area contributed by atoms with Crippen LogP contribution in [0.15, 0.2) is 18.2 Å². The predicted molar refractivity (Wildman–Crippen MR) is 61.9 cm³/mol. The monoisotopic (exact) mass is 224 g/mol. The molecule has 0 saturated carbocycles. The topological polar surface area (TPSA) is 49.5 Å². The molecule has 0 radical (unpaired) electrons. The second kappa shape index (κ2) is 4.80. The Kier molecular flexibility index (Phi) is 3.41. The van der Waals surface area contributed by atoms with Gasteiger partial charge in [0.05, 0.1) is 6.10 Å². The zero-order chi connectivity index (χ0) is 11.5. The lowest BCUT2D eigenvalue weighted by Gasteiger charge is -2.23. The minimum Gasteiger partial charge on any atom is -0.387 e. The summed E-state index contributed by atoms with van der Waals surface area (Å²) in [6.07, 6.45) is 1.51. The highest BCUT2D eigenvalue weighted by atomic mass is 19.1. The van der Waals surface area contributed by atoms with Crippen LogP contribution in [0, 0.1) is 5.82 Å². The van der Waals surface area contributed by atoms with E-state index in [1.165, 1.54) is 12.1 Å². The lowest BCUT2D eigenvalue weighted by molar-refractivity contribution is 0.186. The Morgan fingerprint density at radius 1 is 1.38 bits per heavy atom. The number of anilines is 1. The van der Waals surface area contributed by atoms with Gasteiger partial charge in [0.15, 0.2) is 0 Å². The Morgan fingerprint density at radius 2 is 2.06 bits per heavy atom. The van der Waals surface area contributed by atoms with Crippen LogP contribution < -0.4 is 10.6 Å². The minimum absolute atomic E-state index is 0.115. The molecule has 2 rings (SSSR count). The fourth-order valence-electron chi connectivity index (χ4n) is 2.17. The van der Waals surface area contributed by atoms with E-state index in [9.17, 15) is 9.50 Å². The molecular formula is C12H17FN2O. The normalized spacial score (nSPS) is 17.8. The van der Waals surface area contributed by atoms with Crippen LogP contribution in [0.3, 0.4) is 0 Å². The lowest BCUT2D eigenvalue weighted by atomic mass is 10.1. The van der Waals surface area contributed by atoms with Crippen LogP contribution >= 0.6 is 0 Å². The quantitative estimate of drug-likeness (QED) is 0.816. The molecule has 88 valence electrons. The zero-order valence-electron chi connectivity index (χ0n) is 9.19. The van der Waals surface area contributed by atoms with Crippen molar-refractivity contribution in [2.75, 3.05) is 24.5 Å². The second-order valence-corrected chi connectivity index (χ2v) is 4.15. The number of benzene rings is 1. The molecule has 1 heterocycles. The van der Waals surface area contributed by atoms with Crippen LogP contribution in [0.1, 0.15) is 24.5 Å². The molecule has 0 aliphatic carbocycles. The van der Waals surface area contributed by atoms with Gasteiger partial charge in [0.2, 0.25) is 0 Å². The summed E-state index contributed by atoms with van der Waals surface area (Å²) < 4.78 is 13.2. The van der Waals surface area contributed by atoms with Gasteiger partial charge < -0.3 is 15.7 Å². The number of nitrogens with zero attached hydrogens (tertiary/aromatic N) is 1. The third-order valence-corrected chi connectivity index (χ3v) is 3.02. The molecule has 1 unspecified atom stereocenters. The third kappa shape index (κ3) is 2.18. The summed E-state index contributed by atoms with van der Waals surface area (Å²) >= 11 is 0. The highest BCUT2D eigenvalue weighted by Gasteiger charge is 2.19. The summed E-state index contributed by atoms with van der Waals surface area (Å²) in [5.41, 5.74) is 6.95. The SMILES string of the molecule is NCC(O)c1cc(F)ccc1N1CCCC1. The number of nitrogens with two attached hydrogens (primary N) is 1. The Hall–Kier alpha value is -1.13. The van der Waals surface area contributed by atoms with Crippen molar-refractivity contribution >= 4 is 5.69 Å². The van der Waals surface area contributed by atoms with E-state index in [0.29, 0.717) is 5.56 Å². The molecule has 16 heavy (non-hydrogen) atoms. The molecule has 1 aromatic carbocycles. The first-order valence-corrected chi connectivity index (χ1v) is 5.65. The van der Waals surface area contributed by atoms with Gasteiger partial charge >= 0.3 is 0 Å². The van der Waals surface area contributed by atoms with E-state index in [0.717, 1.165) is 31.6 Å². The van der Waals surface area contributed by atoms with Gasteiger partial charge in [-0.15, -0.1) is 0 Å². The standard InChI is InChI=1S/C12H17FN2O/c13-9-3-4-11(15-5-1-2-6-15)10(7-9)12(16)8-14/h3-4,7,12,16H,1-2,5-6,8,14H2. The smallest absolute Gasteiger partial charge is 0.123 e. The van der Waals surface area contributed by atoms with Crippen molar-refractivity contribution in [3.63, 3.8) is 0 Å². The molecule has 0 bridgehead atoms. The van der Waals surface area contributed by atoms with Gasteiger partial charge in [-0.25, -0.2) is 4.39 Å². The molecule has 1 aromatic rings. The fourth-order valence-corrected chi connectivity index (χ4v) is 2.17. The van der Waals surface area contributed by atoms with Crippen molar-refractivity contribution in [3.05, 3.63) is 29.6 Å². The molecular weight excluding hydrogens is 207 g/mol. The first-order valence-electron chi connectivity index (χ1n) is 5.65. The molecule has 1 aliphatic heterocycles. The Labute approximate surface area is 94.7 Å². The summed E-state index contributed by atoms with van der Waals surface area (Å²) in [7, 11) is 0. The van der Waals surface area contributed by atoms with Crippen LogP contribution in [-0.4, -0.2) is 24.7 Å². The zero-order valence-corrected chi connectivity index (χ0v) is 9.19. The van der Waals surface area contributed by atoms with Crippen LogP contribution in [0.4, 0.5) is 10.1 Å². The Balaban J connectivity index is 2.34. The van der Waals surface area contributed by atoms with E-state index < -0.39 is 6.10 Å². The average Bonchev–Trinajstić information content (AvgIpc) is 2.81. The van der Waals surface area contributed by atoms with Gasteiger partial charge in [0.25, 0.3) is 0 Å². The van der Waals surface area contributed by atoms with E-state index in [4.69, 9.17) is 5.73 Å². The minimum atomic E-state index is -0.786. The highest BCUT2D eigenvalue weighted by molar-refractivity contribution is 5.55. The van der Waals surface area contributed by atoms with Gasteiger partial charge in [-0.05, 0) is 31.0 Å². The number of hydrogen-bond acceptors (Lipinski definition) is 3. The fraction of sp³-hybridized carbons (Fsp3) is 0.500. The molecule has 1 saturated heterocycles. The largest absolute Gasteiger partial charge is 0.387 e. The molecule has 3 nitrogen and oxygen atoms in total. The number of aliphatic hydroxyl groups excluding tert-OH is 1. The first-order chi connectivity index (χ1) is 7.72. The highest BCUT2D eigenvalue weighted by Crippen LogP contribution is 2.29. The lowest BCUT2D eigenvalue weighted by Crippen LogP contribution is -2.22. The third-order valence-electron chi connectivity index (χ3n) is 3.02. The van der Waals surface area contributed by atoms with Crippen molar-refractivity contribution in [2.24, 2.45) is 5.73 Å². The molecule has 3 N–H and O–H groups in total. The van der Waals surface area contributed by atoms with E-state index >= 15 is 0 Å². The summed E-state index contributed by atoms with van der Waals surface area (Å²) in [5, 5.41) is 9.78. The molecule has 0 aromatic heterocycles. The van der Waals surface area contributed by atoms with Gasteiger partial charge in [-0.3, -0.25) is 0 Å². The second-order valence-electron chi connectivity index (χ2n) is 4.15. The number of halogens is 1. The van der Waals surface area contributed by atoms with Crippen LogP contribution in [0.25, 0.3) is 0 Å². The van der Waals surface area contributed by atoms with Crippen LogP contribution in [0.5, 0.6) is 0 Å². The van der Waals surface area contributed by atoms with Gasteiger partial charge in [0.1, 0.15) is 5.82 Å². The summed E-state index contributed by atoms with van der Waals surface area (Å²) in [5.74, 6) is -0.328. The number of hydrogen-bond donors (Lipinski definition) is 2. The summed E-state index contributed by atoms with van der Waals surface area (Å²) in [4.78, 5) is 2.17. The van der Waals surface area contributed by atoms with Gasteiger partial charge in [-0.2, -0.15) is 0 Å². The molecule has 1 atom stereocenters. The number of aliphatic hydroxyl groups is 1. The Morgan fingerprint density at radius 3 is 2.69 bits per heavy atom. The maximum atomic E-state index is 13.2. The number of rotatable bonds is 3. The van der Waals surface area contributed by atoms with Crippen LogP contribution in [-0.2, 0) is 0 Å². The van der Waals surface area contributed by atoms with Crippen LogP contribution in [0.2, 0.25) is 0 Å². The maximum Gasteiger partial charge on any atom is 0.123 e. The van der Waals surface area contributed by atoms with Crippen molar-refractivity contribution < 1.29 is 9.50 Å². The molecule has 0 amide bonds.